The molecule has 0 unspecified atom stereocenters. The molecule has 0 aliphatic heterocycles. The number of carbonyl (C=O) groups excluding carboxylic acids is 2. The zero-order valence-electron chi connectivity index (χ0n) is 13.8. The highest BCUT2D eigenvalue weighted by Crippen LogP contribution is 2.28. The van der Waals surface area contributed by atoms with E-state index in [1.807, 2.05) is 35.7 Å². The molecule has 0 aliphatic carbocycles. The summed E-state index contributed by atoms with van der Waals surface area (Å²) < 4.78 is 5.21. The largest absolute Gasteiger partial charge is 0.448 e. The van der Waals surface area contributed by atoms with E-state index < -0.39 is 18.0 Å². The number of benzene rings is 1. The number of ether oxygens (including phenoxy) is 1. The van der Waals surface area contributed by atoms with Gasteiger partial charge in [-0.05, 0) is 30.0 Å². The summed E-state index contributed by atoms with van der Waals surface area (Å²) in [6.45, 7) is 1.78. The zero-order chi connectivity index (χ0) is 18.5. The van der Waals surface area contributed by atoms with Crippen molar-refractivity contribution in [1.82, 2.24) is 10.3 Å². The van der Waals surface area contributed by atoms with Crippen molar-refractivity contribution < 1.29 is 14.3 Å². The number of esters is 1. The highest BCUT2D eigenvalue weighted by Gasteiger charge is 2.21. The summed E-state index contributed by atoms with van der Waals surface area (Å²) in [4.78, 5) is 29.6. The normalized spacial score (nSPS) is 11.8. The Bertz CT molecular complexity index is 909. The molecule has 0 fully saturated rings. The number of halogens is 1. The van der Waals surface area contributed by atoms with E-state index in [1.54, 1.807) is 22.8 Å². The van der Waals surface area contributed by atoms with Gasteiger partial charge in [0.1, 0.15) is 5.01 Å². The molecular formula is C18H15ClN2O3S2. The minimum Gasteiger partial charge on any atom is -0.448 e. The van der Waals surface area contributed by atoms with E-state index in [-0.39, 0.29) is 12.2 Å². The molecule has 0 saturated carbocycles. The van der Waals surface area contributed by atoms with Crippen LogP contribution < -0.4 is 5.32 Å². The number of aromatic nitrogens is 1. The topological polar surface area (TPSA) is 68.3 Å². The summed E-state index contributed by atoms with van der Waals surface area (Å²) in [5.41, 5.74) is 0.991. The Kier molecular flexibility index (Phi) is 6.03. The van der Waals surface area contributed by atoms with Crippen molar-refractivity contribution in [1.29, 1.82) is 0 Å². The van der Waals surface area contributed by atoms with Crippen LogP contribution in [0, 0.1) is 0 Å². The molecule has 8 heteroatoms. The minimum absolute atomic E-state index is 0.198. The fraction of sp³-hybridized carbons (Fsp3) is 0.167. The van der Waals surface area contributed by atoms with Gasteiger partial charge < -0.3 is 10.1 Å². The van der Waals surface area contributed by atoms with E-state index in [0.29, 0.717) is 5.02 Å². The average molecular weight is 407 g/mol. The van der Waals surface area contributed by atoms with Crippen LogP contribution in [-0.2, 0) is 16.1 Å². The molecule has 1 atom stereocenters. The van der Waals surface area contributed by atoms with Gasteiger partial charge in [-0.3, -0.25) is 4.79 Å². The van der Waals surface area contributed by atoms with E-state index in [0.717, 1.165) is 15.4 Å². The lowest BCUT2D eigenvalue weighted by Gasteiger charge is -2.13. The molecule has 0 bridgehead atoms. The Morgan fingerprint density at radius 3 is 2.77 bits per heavy atom. The lowest BCUT2D eigenvalue weighted by Crippen LogP contribution is -2.35. The van der Waals surface area contributed by atoms with Crippen molar-refractivity contribution in [3.63, 3.8) is 0 Å². The summed E-state index contributed by atoms with van der Waals surface area (Å²) in [5.74, 6) is -1.02. The van der Waals surface area contributed by atoms with Crippen LogP contribution in [0.1, 0.15) is 23.0 Å². The van der Waals surface area contributed by atoms with Crippen LogP contribution in [0.4, 0.5) is 0 Å². The molecule has 5 nitrogen and oxygen atoms in total. The zero-order valence-corrected chi connectivity index (χ0v) is 16.2. The maximum absolute atomic E-state index is 12.2. The maximum atomic E-state index is 12.2. The molecule has 26 heavy (non-hydrogen) atoms. The Hall–Kier alpha value is -2.22. The molecule has 1 N–H and O–H groups in total. The molecule has 0 aliphatic rings. The molecule has 1 aromatic carbocycles. The van der Waals surface area contributed by atoms with Gasteiger partial charge in [0.2, 0.25) is 0 Å². The number of hydrogen-bond donors (Lipinski definition) is 1. The van der Waals surface area contributed by atoms with E-state index in [4.69, 9.17) is 16.3 Å². The number of carbonyl (C=O) groups is 2. The van der Waals surface area contributed by atoms with Crippen molar-refractivity contribution >= 4 is 46.2 Å². The van der Waals surface area contributed by atoms with Gasteiger partial charge in [-0.15, -0.1) is 22.7 Å². The van der Waals surface area contributed by atoms with Crippen LogP contribution in [0.15, 0.2) is 47.2 Å². The highest BCUT2D eigenvalue weighted by molar-refractivity contribution is 7.20. The molecule has 1 amide bonds. The van der Waals surface area contributed by atoms with Gasteiger partial charge >= 0.3 is 5.97 Å². The van der Waals surface area contributed by atoms with E-state index in [2.05, 4.69) is 10.3 Å². The van der Waals surface area contributed by atoms with E-state index in [1.165, 1.54) is 18.3 Å². The van der Waals surface area contributed by atoms with E-state index >= 15 is 0 Å². The maximum Gasteiger partial charge on any atom is 0.358 e. The fourth-order valence-electron chi connectivity index (χ4n) is 2.12. The van der Waals surface area contributed by atoms with E-state index in [9.17, 15) is 9.59 Å². The molecule has 0 spiro atoms. The minimum atomic E-state index is -0.933. The number of thiophene rings is 1. The average Bonchev–Trinajstić information content (AvgIpc) is 3.31. The molecular weight excluding hydrogens is 392 g/mol. The number of thiazole rings is 1. The van der Waals surface area contributed by atoms with Gasteiger partial charge in [-0.1, -0.05) is 35.9 Å². The third-order valence-electron chi connectivity index (χ3n) is 3.51. The molecule has 2 heterocycles. The second-order valence-corrected chi connectivity index (χ2v) is 7.58. The van der Waals surface area contributed by atoms with Crippen LogP contribution >= 0.6 is 34.3 Å². The summed E-state index contributed by atoms with van der Waals surface area (Å²) in [7, 11) is 0. The monoisotopic (exact) mass is 406 g/mol. The molecule has 0 saturated heterocycles. The Morgan fingerprint density at radius 1 is 1.23 bits per heavy atom. The Labute approximate surface area is 163 Å². The predicted molar refractivity (Wildman–Crippen MR) is 104 cm³/mol. The van der Waals surface area contributed by atoms with Crippen LogP contribution in [0.2, 0.25) is 5.02 Å². The van der Waals surface area contributed by atoms with Crippen molar-refractivity contribution in [2.45, 2.75) is 19.6 Å². The molecule has 3 rings (SSSR count). The third kappa shape index (κ3) is 4.49. The molecule has 134 valence electrons. The van der Waals surface area contributed by atoms with Gasteiger partial charge in [0.25, 0.3) is 5.91 Å². The van der Waals surface area contributed by atoms with Gasteiger partial charge in [-0.2, -0.15) is 0 Å². The van der Waals surface area contributed by atoms with Crippen LogP contribution in [-0.4, -0.2) is 23.0 Å². The van der Waals surface area contributed by atoms with Crippen molar-refractivity contribution in [3.8, 4) is 9.88 Å². The quantitative estimate of drug-likeness (QED) is 0.616. The number of hydrogen-bond acceptors (Lipinski definition) is 6. The summed E-state index contributed by atoms with van der Waals surface area (Å²) in [6, 6.07) is 11.1. The van der Waals surface area contributed by atoms with Crippen LogP contribution in [0.5, 0.6) is 0 Å². The standard InChI is InChI=1S/C18H15ClN2O3S2/c1-11(16(22)20-9-12-5-2-3-6-13(12)19)24-18(23)14-10-26-17(21-14)15-7-4-8-25-15/h2-8,10-11H,9H2,1H3,(H,20,22)/t11-/m1/s1. The van der Waals surface area contributed by atoms with Crippen molar-refractivity contribution in [3.05, 3.63) is 63.4 Å². The Morgan fingerprint density at radius 2 is 2.04 bits per heavy atom. The molecule has 3 aromatic rings. The van der Waals surface area contributed by atoms with Crippen molar-refractivity contribution in [2.24, 2.45) is 0 Å². The summed E-state index contributed by atoms with van der Waals surface area (Å²) in [5, 5.41) is 7.61. The van der Waals surface area contributed by atoms with Gasteiger partial charge in [-0.25, -0.2) is 9.78 Å². The lowest BCUT2D eigenvalue weighted by molar-refractivity contribution is -0.129. The van der Waals surface area contributed by atoms with Crippen LogP contribution in [0.3, 0.4) is 0 Å². The summed E-state index contributed by atoms with van der Waals surface area (Å²) >= 11 is 8.96. The van der Waals surface area contributed by atoms with Gasteiger partial charge in [0.05, 0.1) is 4.88 Å². The highest BCUT2D eigenvalue weighted by atomic mass is 35.5. The van der Waals surface area contributed by atoms with Crippen LogP contribution in [0.25, 0.3) is 9.88 Å². The SMILES string of the molecule is C[C@@H](OC(=O)c1csc(-c2cccs2)n1)C(=O)NCc1ccccc1Cl. The van der Waals surface area contributed by atoms with Crippen molar-refractivity contribution in [2.75, 3.05) is 0 Å². The van der Waals surface area contributed by atoms with Gasteiger partial charge in [0, 0.05) is 16.9 Å². The lowest BCUT2D eigenvalue weighted by atomic mass is 10.2. The molecule has 2 aromatic heterocycles. The fourth-order valence-corrected chi connectivity index (χ4v) is 3.93. The number of amides is 1. The molecule has 0 radical (unpaired) electrons. The first-order valence-electron chi connectivity index (χ1n) is 7.76. The second kappa shape index (κ2) is 8.44. The van der Waals surface area contributed by atoms with Gasteiger partial charge in [0.15, 0.2) is 11.8 Å². The Balaban J connectivity index is 1.55. The number of rotatable bonds is 6. The smallest absolute Gasteiger partial charge is 0.358 e. The third-order valence-corrected chi connectivity index (χ3v) is 5.76. The summed E-state index contributed by atoms with van der Waals surface area (Å²) in [6.07, 6.45) is -0.933. The first-order valence-corrected chi connectivity index (χ1v) is 9.90. The number of nitrogens with zero attached hydrogens (tertiary/aromatic N) is 1. The first-order chi connectivity index (χ1) is 12.5. The first kappa shape index (κ1) is 18.6. The number of nitrogens with one attached hydrogen (secondary N) is 1. The predicted octanol–water partition coefficient (Wildman–Crippen LogP) is 4.39. The second-order valence-electron chi connectivity index (χ2n) is 5.37.